The standard InChI is InChI=1S/C18H25N3O4.ClH/c1-3-20(4-2)17(23)13-7-5-8-14(11-13)19-16(22)12-21-10-6-9-15(21)18(24)25;/h5,7-8,11,15H,3-4,6,9-10,12H2,1-2H3,(H,19,22)(H,24,25);1H. The molecule has 0 aliphatic carbocycles. The minimum absolute atomic E-state index is 0. The number of nitrogens with zero attached hydrogens (tertiary/aromatic N) is 2. The summed E-state index contributed by atoms with van der Waals surface area (Å²) in [6.07, 6.45) is 1.34. The number of carboxylic acids is 1. The highest BCUT2D eigenvalue weighted by molar-refractivity contribution is 5.97. The largest absolute Gasteiger partial charge is 0.480 e. The van der Waals surface area contributed by atoms with Gasteiger partial charge in [0, 0.05) is 24.3 Å². The van der Waals surface area contributed by atoms with Gasteiger partial charge in [-0.05, 0) is 51.4 Å². The summed E-state index contributed by atoms with van der Waals surface area (Å²) in [5, 5.41) is 11.9. The van der Waals surface area contributed by atoms with Gasteiger partial charge in [0.2, 0.25) is 5.91 Å². The van der Waals surface area contributed by atoms with Crippen molar-refractivity contribution in [1.82, 2.24) is 9.80 Å². The van der Waals surface area contributed by atoms with Crippen molar-refractivity contribution in [2.75, 3.05) is 31.5 Å². The van der Waals surface area contributed by atoms with Gasteiger partial charge in [0.1, 0.15) is 6.04 Å². The molecule has 1 aliphatic heterocycles. The fourth-order valence-corrected chi connectivity index (χ4v) is 3.10. The van der Waals surface area contributed by atoms with Crippen LogP contribution in [-0.2, 0) is 9.59 Å². The first-order chi connectivity index (χ1) is 12.0. The molecule has 7 nitrogen and oxygen atoms in total. The van der Waals surface area contributed by atoms with E-state index in [9.17, 15) is 14.4 Å². The third-order valence-corrected chi connectivity index (χ3v) is 4.44. The molecule has 0 saturated carbocycles. The van der Waals surface area contributed by atoms with E-state index in [1.165, 1.54) is 0 Å². The Morgan fingerprint density at radius 1 is 1.27 bits per heavy atom. The number of nitrogens with one attached hydrogen (secondary N) is 1. The predicted molar refractivity (Wildman–Crippen MR) is 102 cm³/mol. The summed E-state index contributed by atoms with van der Waals surface area (Å²) in [5.74, 6) is -1.25. The number of likely N-dealkylation sites (tertiary alicyclic amines) is 1. The van der Waals surface area contributed by atoms with E-state index in [0.717, 1.165) is 6.42 Å². The molecule has 1 saturated heterocycles. The number of amides is 2. The predicted octanol–water partition coefficient (Wildman–Crippen LogP) is 2.08. The average molecular weight is 384 g/mol. The lowest BCUT2D eigenvalue weighted by Crippen LogP contribution is -2.40. The van der Waals surface area contributed by atoms with Gasteiger partial charge in [0.25, 0.3) is 5.91 Å². The molecular formula is C18H26ClN3O4. The summed E-state index contributed by atoms with van der Waals surface area (Å²) in [7, 11) is 0. The van der Waals surface area contributed by atoms with E-state index in [-0.39, 0.29) is 30.8 Å². The van der Waals surface area contributed by atoms with Crippen LogP contribution in [0.1, 0.15) is 37.0 Å². The zero-order valence-electron chi connectivity index (χ0n) is 15.1. The molecule has 0 radical (unpaired) electrons. The monoisotopic (exact) mass is 383 g/mol. The lowest BCUT2D eigenvalue weighted by atomic mass is 10.1. The minimum Gasteiger partial charge on any atom is -0.480 e. The fraction of sp³-hybridized carbons (Fsp3) is 0.500. The summed E-state index contributed by atoms with van der Waals surface area (Å²) in [6.45, 7) is 5.72. The molecule has 26 heavy (non-hydrogen) atoms. The van der Waals surface area contributed by atoms with E-state index in [0.29, 0.717) is 37.3 Å². The van der Waals surface area contributed by atoms with Crippen molar-refractivity contribution in [3.8, 4) is 0 Å². The molecule has 0 aromatic heterocycles. The van der Waals surface area contributed by atoms with Gasteiger partial charge in [-0.25, -0.2) is 0 Å². The lowest BCUT2D eigenvalue weighted by Gasteiger charge is -2.21. The topological polar surface area (TPSA) is 90.0 Å². The van der Waals surface area contributed by atoms with Gasteiger partial charge in [-0.3, -0.25) is 19.3 Å². The third kappa shape index (κ3) is 5.44. The Labute approximate surface area is 159 Å². The first-order valence-corrected chi connectivity index (χ1v) is 8.62. The molecule has 1 fully saturated rings. The Balaban J connectivity index is 0.00000338. The van der Waals surface area contributed by atoms with E-state index in [1.807, 2.05) is 13.8 Å². The number of benzene rings is 1. The van der Waals surface area contributed by atoms with Gasteiger partial charge < -0.3 is 15.3 Å². The van der Waals surface area contributed by atoms with Gasteiger partial charge in [0.15, 0.2) is 0 Å². The molecule has 8 heteroatoms. The first kappa shape index (κ1) is 21.9. The van der Waals surface area contributed by atoms with Crippen LogP contribution in [0.2, 0.25) is 0 Å². The van der Waals surface area contributed by atoms with Crippen LogP contribution in [0.5, 0.6) is 0 Å². The van der Waals surface area contributed by atoms with Crippen LogP contribution in [0, 0.1) is 0 Å². The number of carboxylic acid groups (broad SMARTS) is 1. The van der Waals surface area contributed by atoms with E-state index >= 15 is 0 Å². The highest BCUT2D eigenvalue weighted by Crippen LogP contribution is 2.18. The third-order valence-electron chi connectivity index (χ3n) is 4.44. The first-order valence-electron chi connectivity index (χ1n) is 8.62. The quantitative estimate of drug-likeness (QED) is 0.752. The molecule has 0 spiro atoms. The lowest BCUT2D eigenvalue weighted by molar-refractivity contribution is -0.142. The fourth-order valence-electron chi connectivity index (χ4n) is 3.10. The Morgan fingerprint density at radius 3 is 2.58 bits per heavy atom. The second-order valence-corrected chi connectivity index (χ2v) is 6.07. The number of aliphatic carboxylic acids is 1. The Morgan fingerprint density at radius 2 is 1.96 bits per heavy atom. The maximum Gasteiger partial charge on any atom is 0.320 e. The van der Waals surface area contributed by atoms with Crippen LogP contribution in [0.3, 0.4) is 0 Å². The minimum atomic E-state index is -0.892. The number of hydrogen-bond donors (Lipinski definition) is 2. The van der Waals surface area contributed by atoms with Gasteiger partial charge in [0.05, 0.1) is 6.54 Å². The number of carbonyl (C=O) groups excluding carboxylic acids is 2. The Bertz CT molecular complexity index is 649. The van der Waals surface area contributed by atoms with E-state index < -0.39 is 12.0 Å². The molecule has 1 heterocycles. The molecule has 1 aromatic carbocycles. The van der Waals surface area contributed by atoms with Crippen molar-refractivity contribution in [3.05, 3.63) is 29.8 Å². The van der Waals surface area contributed by atoms with Crippen molar-refractivity contribution in [2.45, 2.75) is 32.7 Å². The SMILES string of the molecule is CCN(CC)C(=O)c1cccc(NC(=O)CN2CCCC2C(=O)O)c1.Cl. The van der Waals surface area contributed by atoms with Gasteiger partial charge in [-0.2, -0.15) is 0 Å². The smallest absolute Gasteiger partial charge is 0.320 e. The zero-order valence-corrected chi connectivity index (χ0v) is 15.9. The van der Waals surface area contributed by atoms with Crippen molar-refractivity contribution in [1.29, 1.82) is 0 Å². The van der Waals surface area contributed by atoms with Crippen molar-refractivity contribution < 1.29 is 19.5 Å². The Hall–Kier alpha value is -2.12. The summed E-state index contributed by atoms with van der Waals surface area (Å²) in [4.78, 5) is 39.2. The van der Waals surface area contributed by atoms with E-state index in [1.54, 1.807) is 34.1 Å². The van der Waals surface area contributed by atoms with Crippen LogP contribution in [-0.4, -0.2) is 64.9 Å². The number of carbonyl (C=O) groups is 3. The second-order valence-electron chi connectivity index (χ2n) is 6.07. The normalized spacial score (nSPS) is 16.6. The molecule has 2 N–H and O–H groups in total. The molecule has 2 amide bonds. The second kappa shape index (κ2) is 10.1. The highest BCUT2D eigenvalue weighted by atomic mass is 35.5. The summed E-state index contributed by atoms with van der Waals surface area (Å²) in [6, 6.07) is 6.22. The summed E-state index contributed by atoms with van der Waals surface area (Å²) in [5.41, 5.74) is 1.06. The van der Waals surface area contributed by atoms with Gasteiger partial charge in [-0.15, -0.1) is 12.4 Å². The van der Waals surface area contributed by atoms with Crippen LogP contribution in [0.4, 0.5) is 5.69 Å². The van der Waals surface area contributed by atoms with E-state index in [4.69, 9.17) is 5.11 Å². The molecule has 1 aliphatic rings. The molecule has 1 aromatic rings. The summed E-state index contributed by atoms with van der Waals surface area (Å²) >= 11 is 0. The maximum atomic E-state index is 12.4. The van der Waals surface area contributed by atoms with Crippen molar-refractivity contribution in [3.63, 3.8) is 0 Å². The number of halogens is 1. The molecule has 1 unspecified atom stereocenters. The number of rotatable bonds is 7. The average Bonchev–Trinajstić information content (AvgIpc) is 3.04. The van der Waals surface area contributed by atoms with Gasteiger partial charge in [-0.1, -0.05) is 6.07 Å². The maximum absolute atomic E-state index is 12.4. The number of anilines is 1. The molecule has 0 bridgehead atoms. The van der Waals surface area contributed by atoms with Crippen LogP contribution in [0.15, 0.2) is 24.3 Å². The Kier molecular flexibility index (Phi) is 8.54. The van der Waals surface area contributed by atoms with Crippen molar-refractivity contribution >= 4 is 35.9 Å². The van der Waals surface area contributed by atoms with Gasteiger partial charge >= 0.3 is 5.97 Å². The molecule has 144 valence electrons. The van der Waals surface area contributed by atoms with Crippen LogP contribution in [0.25, 0.3) is 0 Å². The summed E-state index contributed by atoms with van der Waals surface area (Å²) < 4.78 is 0. The molecule has 1 atom stereocenters. The van der Waals surface area contributed by atoms with E-state index in [2.05, 4.69) is 5.32 Å². The number of hydrogen-bond acceptors (Lipinski definition) is 4. The van der Waals surface area contributed by atoms with Crippen LogP contribution >= 0.6 is 12.4 Å². The zero-order chi connectivity index (χ0) is 18.4. The molecule has 2 rings (SSSR count). The van der Waals surface area contributed by atoms with Crippen LogP contribution < -0.4 is 5.32 Å². The van der Waals surface area contributed by atoms with Crippen molar-refractivity contribution in [2.24, 2.45) is 0 Å². The highest BCUT2D eigenvalue weighted by Gasteiger charge is 2.31. The molecular weight excluding hydrogens is 358 g/mol.